The van der Waals surface area contributed by atoms with Gasteiger partial charge < -0.3 is 19.5 Å². The third-order valence-electron chi connectivity index (χ3n) is 8.27. The SMILES string of the molecule is CC(C)(C)OC(=O)N1[C@H](C(C(=O)N2CCN(c3ncnc4[nH]ccc34)CC2)c2ccc(Cl)cc2)CCC12CC2. The number of fused-ring (bicyclic) bond motifs is 1. The minimum absolute atomic E-state index is 0.0442. The first-order valence-electron chi connectivity index (χ1n) is 13.7. The highest BCUT2D eigenvalue weighted by atomic mass is 35.5. The molecule has 206 valence electrons. The Morgan fingerprint density at radius 2 is 1.77 bits per heavy atom. The van der Waals surface area contributed by atoms with Crippen LogP contribution in [0.5, 0.6) is 0 Å². The summed E-state index contributed by atoms with van der Waals surface area (Å²) >= 11 is 6.22. The molecule has 1 aliphatic carbocycles. The molecule has 2 amide bonds. The fourth-order valence-electron chi connectivity index (χ4n) is 6.25. The number of benzene rings is 1. The maximum atomic E-state index is 14.3. The van der Waals surface area contributed by atoms with Crippen LogP contribution < -0.4 is 4.90 Å². The summed E-state index contributed by atoms with van der Waals surface area (Å²) in [6.45, 7) is 8.13. The summed E-state index contributed by atoms with van der Waals surface area (Å²) in [7, 11) is 0. The fourth-order valence-corrected chi connectivity index (χ4v) is 6.38. The number of nitrogens with one attached hydrogen (secondary N) is 1. The molecule has 1 spiro atoms. The quantitative estimate of drug-likeness (QED) is 0.492. The van der Waals surface area contributed by atoms with Gasteiger partial charge in [0.05, 0.1) is 17.3 Å². The minimum Gasteiger partial charge on any atom is -0.444 e. The van der Waals surface area contributed by atoms with Gasteiger partial charge in [-0.1, -0.05) is 23.7 Å². The van der Waals surface area contributed by atoms with Crippen molar-refractivity contribution in [2.45, 2.75) is 69.6 Å². The lowest BCUT2D eigenvalue weighted by Gasteiger charge is -2.40. The van der Waals surface area contributed by atoms with E-state index in [2.05, 4.69) is 19.9 Å². The van der Waals surface area contributed by atoms with Crippen LogP contribution >= 0.6 is 11.6 Å². The van der Waals surface area contributed by atoms with Gasteiger partial charge >= 0.3 is 6.09 Å². The van der Waals surface area contributed by atoms with Gasteiger partial charge in [-0.05, 0) is 70.2 Å². The number of hydrogen-bond acceptors (Lipinski definition) is 6. The molecule has 1 N–H and O–H groups in total. The molecule has 3 aromatic rings. The highest BCUT2D eigenvalue weighted by molar-refractivity contribution is 6.30. The molecule has 0 bridgehead atoms. The van der Waals surface area contributed by atoms with Crippen LogP contribution in [0.25, 0.3) is 11.0 Å². The number of aromatic amines is 1. The lowest BCUT2D eigenvalue weighted by atomic mass is 9.88. The third kappa shape index (κ3) is 4.93. The number of carbonyl (C=O) groups excluding carboxylic acids is 2. The molecular weight excluding hydrogens is 516 g/mol. The second-order valence-corrected chi connectivity index (χ2v) is 12.4. The summed E-state index contributed by atoms with van der Waals surface area (Å²) in [4.78, 5) is 45.9. The molecule has 0 radical (unpaired) electrons. The van der Waals surface area contributed by atoms with Crippen molar-refractivity contribution in [3.63, 3.8) is 0 Å². The van der Waals surface area contributed by atoms with Gasteiger partial charge in [0.1, 0.15) is 23.4 Å². The van der Waals surface area contributed by atoms with Gasteiger partial charge in [0.15, 0.2) is 0 Å². The van der Waals surface area contributed by atoms with Gasteiger partial charge in [0.25, 0.3) is 0 Å². The van der Waals surface area contributed by atoms with Crippen molar-refractivity contribution in [1.82, 2.24) is 24.8 Å². The van der Waals surface area contributed by atoms with E-state index in [9.17, 15) is 9.59 Å². The summed E-state index contributed by atoms with van der Waals surface area (Å²) < 4.78 is 5.87. The highest BCUT2D eigenvalue weighted by Crippen LogP contribution is 2.55. The average molecular weight is 551 g/mol. The number of anilines is 1. The van der Waals surface area contributed by atoms with Crippen molar-refractivity contribution in [2.75, 3.05) is 31.1 Å². The van der Waals surface area contributed by atoms with E-state index in [-0.39, 0.29) is 23.6 Å². The predicted molar refractivity (Wildman–Crippen MR) is 150 cm³/mol. The Balaban J connectivity index is 1.26. The first-order valence-corrected chi connectivity index (χ1v) is 14.1. The fraction of sp³-hybridized carbons (Fsp3) is 0.517. The molecule has 3 aliphatic rings. The number of amides is 2. The van der Waals surface area contributed by atoms with E-state index >= 15 is 0 Å². The Bertz CT molecular complexity index is 1370. The Labute approximate surface area is 233 Å². The summed E-state index contributed by atoms with van der Waals surface area (Å²) in [6.07, 6.45) is 6.68. The van der Waals surface area contributed by atoms with Crippen molar-refractivity contribution in [3.8, 4) is 0 Å². The zero-order chi connectivity index (χ0) is 27.4. The lowest BCUT2D eigenvalue weighted by molar-refractivity contribution is -0.134. The summed E-state index contributed by atoms with van der Waals surface area (Å²) in [5.41, 5.74) is 0.889. The average Bonchev–Trinajstić information content (AvgIpc) is 3.34. The number of aromatic nitrogens is 3. The Morgan fingerprint density at radius 1 is 1.05 bits per heavy atom. The third-order valence-corrected chi connectivity index (χ3v) is 8.52. The van der Waals surface area contributed by atoms with Crippen molar-refractivity contribution in [3.05, 3.63) is 53.4 Å². The number of halogens is 1. The van der Waals surface area contributed by atoms with Crippen LogP contribution in [0.4, 0.5) is 10.6 Å². The van der Waals surface area contributed by atoms with Crippen LogP contribution in [0.3, 0.4) is 0 Å². The number of likely N-dealkylation sites (tertiary alicyclic amines) is 1. The van der Waals surface area contributed by atoms with E-state index in [4.69, 9.17) is 16.3 Å². The standard InChI is InChI=1S/C29H35ClN6O3/c1-28(2,3)39-27(38)36-22(8-10-29(36)11-12-29)23(19-4-6-20(30)7-5-19)26(37)35-16-14-34(15-17-35)25-21-9-13-31-24(21)32-18-33-25/h4-7,9,13,18,22-23H,8,10-12,14-17H2,1-3H3,(H,31,32,33)/t22-,23?/m0/s1. The molecule has 1 saturated carbocycles. The van der Waals surface area contributed by atoms with Crippen LogP contribution in [0.1, 0.15) is 57.9 Å². The number of hydrogen-bond donors (Lipinski definition) is 1. The predicted octanol–water partition coefficient (Wildman–Crippen LogP) is 4.98. The topological polar surface area (TPSA) is 94.7 Å². The minimum atomic E-state index is -0.609. The van der Waals surface area contributed by atoms with E-state index in [0.717, 1.165) is 48.1 Å². The number of H-pyrrole nitrogens is 1. The molecule has 39 heavy (non-hydrogen) atoms. The molecular formula is C29H35ClN6O3. The second kappa shape index (κ2) is 9.70. The first kappa shape index (κ1) is 25.9. The molecule has 9 nitrogen and oxygen atoms in total. The van der Waals surface area contributed by atoms with Crippen LogP contribution in [0.2, 0.25) is 5.02 Å². The number of ether oxygens (including phenoxy) is 1. The van der Waals surface area contributed by atoms with Crippen LogP contribution in [0.15, 0.2) is 42.9 Å². The smallest absolute Gasteiger partial charge is 0.411 e. The van der Waals surface area contributed by atoms with Gasteiger partial charge in [-0.15, -0.1) is 0 Å². The Morgan fingerprint density at radius 3 is 2.44 bits per heavy atom. The monoisotopic (exact) mass is 550 g/mol. The second-order valence-electron chi connectivity index (χ2n) is 12.0. The number of rotatable bonds is 4. The van der Waals surface area contributed by atoms with Gasteiger partial charge in [0.2, 0.25) is 5.91 Å². The molecule has 4 heterocycles. The maximum absolute atomic E-state index is 14.3. The largest absolute Gasteiger partial charge is 0.444 e. The van der Waals surface area contributed by atoms with Crippen LogP contribution in [0, 0.1) is 0 Å². The van der Waals surface area contributed by atoms with E-state index < -0.39 is 11.5 Å². The number of piperazine rings is 1. The summed E-state index contributed by atoms with van der Waals surface area (Å²) in [6, 6.07) is 9.22. The van der Waals surface area contributed by atoms with E-state index in [1.165, 1.54) is 0 Å². The number of carbonyl (C=O) groups is 2. The molecule has 2 atom stereocenters. The van der Waals surface area contributed by atoms with E-state index in [1.807, 2.05) is 67.1 Å². The van der Waals surface area contributed by atoms with Gasteiger partial charge in [0, 0.05) is 42.9 Å². The molecule has 2 saturated heterocycles. The van der Waals surface area contributed by atoms with Crippen molar-refractivity contribution < 1.29 is 14.3 Å². The molecule has 2 aromatic heterocycles. The highest BCUT2D eigenvalue weighted by Gasteiger charge is 2.60. The van der Waals surface area contributed by atoms with E-state index in [0.29, 0.717) is 31.2 Å². The summed E-state index contributed by atoms with van der Waals surface area (Å²) in [5.74, 6) is 0.435. The normalized spacial score (nSPS) is 21.4. The Hall–Kier alpha value is -3.33. The van der Waals surface area contributed by atoms with Crippen LogP contribution in [-0.4, -0.2) is 80.1 Å². The molecule has 1 unspecified atom stereocenters. The Kier molecular flexibility index (Phi) is 6.44. The molecule has 10 heteroatoms. The zero-order valence-electron chi connectivity index (χ0n) is 22.7. The molecule has 2 aliphatic heterocycles. The van der Waals surface area contributed by atoms with E-state index in [1.54, 1.807) is 6.33 Å². The maximum Gasteiger partial charge on any atom is 0.411 e. The van der Waals surface area contributed by atoms with Gasteiger partial charge in [-0.2, -0.15) is 0 Å². The van der Waals surface area contributed by atoms with Crippen molar-refractivity contribution in [1.29, 1.82) is 0 Å². The van der Waals surface area contributed by atoms with Crippen molar-refractivity contribution in [2.24, 2.45) is 0 Å². The van der Waals surface area contributed by atoms with Crippen LogP contribution in [-0.2, 0) is 9.53 Å². The summed E-state index contributed by atoms with van der Waals surface area (Å²) in [5, 5.41) is 1.60. The molecule has 1 aromatic carbocycles. The van der Waals surface area contributed by atoms with Crippen molar-refractivity contribution >= 4 is 40.5 Å². The molecule has 6 rings (SSSR count). The number of nitrogens with zero attached hydrogens (tertiary/aromatic N) is 5. The van der Waals surface area contributed by atoms with Gasteiger partial charge in [-0.25, -0.2) is 14.8 Å². The van der Waals surface area contributed by atoms with Gasteiger partial charge in [-0.3, -0.25) is 9.69 Å². The zero-order valence-corrected chi connectivity index (χ0v) is 23.4. The lowest BCUT2D eigenvalue weighted by Crippen LogP contribution is -2.54. The molecule has 3 fully saturated rings. The first-order chi connectivity index (χ1) is 18.7.